The minimum Gasteiger partial charge on any atom is -0.449 e. The van der Waals surface area contributed by atoms with Crippen molar-refractivity contribution in [3.8, 4) is 0 Å². The van der Waals surface area contributed by atoms with Crippen LogP contribution in [0.2, 0.25) is 15.1 Å². The van der Waals surface area contributed by atoms with Crippen LogP contribution in [-0.2, 0) is 14.3 Å². The summed E-state index contributed by atoms with van der Waals surface area (Å²) in [7, 11) is 0. The van der Waals surface area contributed by atoms with Crippen molar-refractivity contribution >= 4 is 58.4 Å². The van der Waals surface area contributed by atoms with Gasteiger partial charge < -0.3 is 10.1 Å². The number of esters is 1. The normalized spacial score (nSPS) is 12.0. The zero-order valence-electron chi connectivity index (χ0n) is 13.1. The number of halogens is 3. The van der Waals surface area contributed by atoms with Crippen LogP contribution in [0.4, 0.5) is 5.69 Å². The van der Waals surface area contributed by atoms with Gasteiger partial charge in [-0.05, 0) is 48.9 Å². The first-order valence-electron chi connectivity index (χ1n) is 7.25. The van der Waals surface area contributed by atoms with Crippen molar-refractivity contribution in [2.75, 3.05) is 5.32 Å². The molecule has 2 rings (SSSR count). The molecule has 2 aromatic rings. The summed E-state index contributed by atoms with van der Waals surface area (Å²) in [4.78, 5) is 23.9. The van der Waals surface area contributed by atoms with Gasteiger partial charge >= 0.3 is 5.97 Å². The molecular weight excluding hydrogens is 385 g/mol. The summed E-state index contributed by atoms with van der Waals surface area (Å²) in [5, 5.41) is 3.96. The Kier molecular flexibility index (Phi) is 6.88. The van der Waals surface area contributed by atoms with Crippen LogP contribution >= 0.6 is 34.8 Å². The lowest BCUT2D eigenvalue weighted by molar-refractivity contribution is -0.148. The van der Waals surface area contributed by atoms with Gasteiger partial charge in [0, 0.05) is 26.8 Å². The number of rotatable bonds is 5. The van der Waals surface area contributed by atoms with Crippen molar-refractivity contribution in [3.63, 3.8) is 0 Å². The largest absolute Gasteiger partial charge is 0.449 e. The number of amides is 1. The Morgan fingerprint density at radius 3 is 2.20 bits per heavy atom. The molecule has 130 valence electrons. The zero-order valence-corrected chi connectivity index (χ0v) is 15.4. The predicted molar refractivity (Wildman–Crippen MR) is 101 cm³/mol. The van der Waals surface area contributed by atoms with E-state index in [0.717, 1.165) is 5.56 Å². The Balaban J connectivity index is 1.91. The van der Waals surface area contributed by atoms with Crippen molar-refractivity contribution in [1.29, 1.82) is 0 Å². The van der Waals surface area contributed by atoms with Gasteiger partial charge in [0.25, 0.3) is 5.91 Å². The van der Waals surface area contributed by atoms with E-state index in [2.05, 4.69) is 5.32 Å². The van der Waals surface area contributed by atoms with E-state index >= 15 is 0 Å². The molecule has 0 aliphatic rings. The molecule has 0 aliphatic carbocycles. The average molecular weight is 399 g/mol. The molecule has 0 saturated carbocycles. The first-order valence-corrected chi connectivity index (χ1v) is 8.38. The van der Waals surface area contributed by atoms with Gasteiger partial charge in [-0.25, -0.2) is 4.79 Å². The van der Waals surface area contributed by atoms with Crippen LogP contribution in [0.5, 0.6) is 0 Å². The monoisotopic (exact) mass is 397 g/mol. The maximum atomic E-state index is 12.1. The summed E-state index contributed by atoms with van der Waals surface area (Å²) in [5.41, 5.74) is 1.20. The quantitative estimate of drug-likeness (QED) is 0.554. The van der Waals surface area contributed by atoms with Gasteiger partial charge in [0.05, 0.1) is 0 Å². The maximum absolute atomic E-state index is 12.1. The van der Waals surface area contributed by atoms with E-state index < -0.39 is 18.0 Å². The lowest BCUT2D eigenvalue weighted by Crippen LogP contribution is -2.29. The van der Waals surface area contributed by atoms with E-state index in [9.17, 15) is 9.59 Å². The number of anilines is 1. The highest BCUT2D eigenvalue weighted by atomic mass is 35.5. The molecule has 7 heteroatoms. The standard InChI is InChI=1S/C18H14Cl3NO3/c1-11(18(24)22-16-9-14(20)8-15(21)10-16)25-17(23)7-4-12-2-5-13(19)6-3-12/h2-11H,1H3,(H,22,24)/b7-4+/t11-/m1/s1. The van der Waals surface area contributed by atoms with Gasteiger partial charge in [-0.3, -0.25) is 4.79 Å². The zero-order chi connectivity index (χ0) is 18.4. The van der Waals surface area contributed by atoms with Crippen LogP contribution in [0.1, 0.15) is 12.5 Å². The second-order valence-electron chi connectivity index (χ2n) is 5.11. The fourth-order valence-corrected chi connectivity index (χ4v) is 2.53. The summed E-state index contributed by atoms with van der Waals surface area (Å²) in [6, 6.07) is 11.6. The summed E-state index contributed by atoms with van der Waals surface area (Å²) < 4.78 is 5.06. The van der Waals surface area contributed by atoms with Crippen LogP contribution < -0.4 is 5.32 Å². The van der Waals surface area contributed by atoms with Crippen LogP contribution in [0.25, 0.3) is 6.08 Å². The molecule has 2 aromatic carbocycles. The Morgan fingerprint density at radius 1 is 1.00 bits per heavy atom. The number of hydrogen-bond acceptors (Lipinski definition) is 3. The van der Waals surface area contributed by atoms with Gasteiger partial charge in [-0.2, -0.15) is 0 Å². The predicted octanol–water partition coefficient (Wildman–Crippen LogP) is 5.23. The minimum absolute atomic E-state index is 0.387. The number of carbonyl (C=O) groups is 2. The summed E-state index contributed by atoms with van der Waals surface area (Å²) >= 11 is 17.5. The fourth-order valence-electron chi connectivity index (χ4n) is 1.88. The Morgan fingerprint density at radius 2 is 1.60 bits per heavy atom. The van der Waals surface area contributed by atoms with E-state index in [1.54, 1.807) is 48.5 Å². The van der Waals surface area contributed by atoms with Crippen LogP contribution in [0, 0.1) is 0 Å². The molecule has 0 aromatic heterocycles. The third-order valence-electron chi connectivity index (χ3n) is 3.07. The highest BCUT2D eigenvalue weighted by molar-refractivity contribution is 6.35. The molecule has 0 radical (unpaired) electrons. The van der Waals surface area contributed by atoms with Crippen molar-refractivity contribution in [3.05, 3.63) is 69.2 Å². The molecule has 0 aliphatic heterocycles. The molecule has 0 bridgehead atoms. The van der Waals surface area contributed by atoms with E-state index in [-0.39, 0.29) is 0 Å². The van der Waals surface area contributed by atoms with E-state index in [0.29, 0.717) is 20.8 Å². The van der Waals surface area contributed by atoms with Crippen LogP contribution in [0.15, 0.2) is 48.5 Å². The van der Waals surface area contributed by atoms with Crippen molar-refractivity contribution in [2.24, 2.45) is 0 Å². The summed E-state index contributed by atoms with van der Waals surface area (Å²) in [5.74, 6) is -1.13. The van der Waals surface area contributed by atoms with Gasteiger partial charge in [0.15, 0.2) is 6.10 Å². The van der Waals surface area contributed by atoms with Crippen molar-refractivity contribution in [1.82, 2.24) is 0 Å². The Labute approximate surface area is 160 Å². The van der Waals surface area contributed by atoms with Crippen molar-refractivity contribution < 1.29 is 14.3 Å². The SMILES string of the molecule is C[C@@H](OC(=O)/C=C/c1ccc(Cl)cc1)C(=O)Nc1cc(Cl)cc(Cl)c1. The van der Waals surface area contributed by atoms with Gasteiger partial charge in [0.2, 0.25) is 0 Å². The number of hydrogen-bond donors (Lipinski definition) is 1. The molecular formula is C18H14Cl3NO3. The van der Waals surface area contributed by atoms with E-state index in [1.165, 1.54) is 13.0 Å². The molecule has 0 fully saturated rings. The third-order valence-corrected chi connectivity index (χ3v) is 3.76. The molecule has 0 saturated heterocycles. The second-order valence-corrected chi connectivity index (χ2v) is 6.42. The first kappa shape index (κ1) is 19.3. The lowest BCUT2D eigenvalue weighted by Gasteiger charge is -2.12. The Bertz CT molecular complexity index is 783. The third kappa shape index (κ3) is 6.42. The highest BCUT2D eigenvalue weighted by Gasteiger charge is 2.17. The number of ether oxygens (including phenoxy) is 1. The first-order chi connectivity index (χ1) is 11.8. The molecule has 0 heterocycles. The summed E-state index contributed by atoms with van der Waals surface area (Å²) in [6.07, 6.45) is 1.82. The molecule has 1 atom stereocenters. The van der Waals surface area contributed by atoms with Gasteiger partial charge in [0.1, 0.15) is 0 Å². The topological polar surface area (TPSA) is 55.4 Å². The molecule has 0 spiro atoms. The number of nitrogens with one attached hydrogen (secondary N) is 1. The summed E-state index contributed by atoms with van der Waals surface area (Å²) in [6.45, 7) is 1.47. The van der Waals surface area contributed by atoms with Crippen LogP contribution in [0.3, 0.4) is 0 Å². The molecule has 1 N–H and O–H groups in total. The Hall–Kier alpha value is -2.01. The highest BCUT2D eigenvalue weighted by Crippen LogP contribution is 2.22. The van der Waals surface area contributed by atoms with E-state index in [1.807, 2.05) is 0 Å². The van der Waals surface area contributed by atoms with Crippen molar-refractivity contribution in [2.45, 2.75) is 13.0 Å². The smallest absolute Gasteiger partial charge is 0.331 e. The second kappa shape index (κ2) is 8.90. The number of carbonyl (C=O) groups excluding carboxylic acids is 2. The van der Waals surface area contributed by atoms with E-state index in [4.69, 9.17) is 39.5 Å². The van der Waals surface area contributed by atoms with Gasteiger partial charge in [-0.1, -0.05) is 46.9 Å². The fraction of sp³-hybridized carbons (Fsp3) is 0.111. The maximum Gasteiger partial charge on any atom is 0.331 e. The molecule has 4 nitrogen and oxygen atoms in total. The van der Waals surface area contributed by atoms with Gasteiger partial charge in [-0.15, -0.1) is 0 Å². The molecule has 1 amide bonds. The minimum atomic E-state index is -0.986. The number of benzene rings is 2. The lowest BCUT2D eigenvalue weighted by atomic mass is 10.2. The van der Waals surface area contributed by atoms with Crippen LogP contribution in [-0.4, -0.2) is 18.0 Å². The average Bonchev–Trinajstić information content (AvgIpc) is 2.53. The molecule has 0 unspecified atom stereocenters. The molecule has 25 heavy (non-hydrogen) atoms.